The van der Waals surface area contributed by atoms with Crippen LogP contribution in [-0.2, 0) is 9.47 Å². The van der Waals surface area contributed by atoms with Crippen molar-refractivity contribution in [2.75, 3.05) is 19.8 Å². The lowest BCUT2D eigenvalue weighted by Gasteiger charge is -2.08. The molecule has 2 aromatic carbocycles. The smallest absolute Gasteiger partial charge is 0.338 e. The highest BCUT2D eigenvalue weighted by Crippen LogP contribution is 2.19. The van der Waals surface area contributed by atoms with Crippen molar-refractivity contribution in [1.82, 2.24) is 0 Å². The van der Waals surface area contributed by atoms with Crippen molar-refractivity contribution < 1.29 is 23.8 Å². The Labute approximate surface area is 158 Å². The van der Waals surface area contributed by atoms with E-state index in [9.17, 15) is 9.59 Å². The number of rotatable bonds is 8. The lowest BCUT2D eigenvalue weighted by Crippen LogP contribution is -2.11. The highest BCUT2D eigenvalue weighted by atomic mass is 16.5. The van der Waals surface area contributed by atoms with Gasteiger partial charge < -0.3 is 14.2 Å². The summed E-state index contributed by atoms with van der Waals surface area (Å²) in [5.74, 6) is -0.239. The van der Waals surface area contributed by atoms with Crippen molar-refractivity contribution >= 4 is 23.8 Å². The van der Waals surface area contributed by atoms with Crippen molar-refractivity contribution in [3.05, 3.63) is 59.2 Å². The van der Waals surface area contributed by atoms with Gasteiger partial charge in [0.05, 0.1) is 36.6 Å². The van der Waals surface area contributed by atoms with Crippen molar-refractivity contribution in [1.29, 1.82) is 0 Å². The van der Waals surface area contributed by atoms with Gasteiger partial charge in [-0.25, -0.2) is 9.59 Å². The molecule has 27 heavy (non-hydrogen) atoms. The fourth-order valence-electron chi connectivity index (χ4n) is 2.34. The molecule has 0 aliphatic carbocycles. The van der Waals surface area contributed by atoms with Gasteiger partial charge in [-0.1, -0.05) is 6.07 Å². The van der Waals surface area contributed by atoms with Gasteiger partial charge in [0.25, 0.3) is 0 Å². The Morgan fingerprint density at radius 2 is 1.56 bits per heavy atom. The van der Waals surface area contributed by atoms with Crippen molar-refractivity contribution in [3.8, 4) is 5.75 Å². The van der Waals surface area contributed by atoms with E-state index in [1.807, 2.05) is 31.2 Å². The molecule has 0 aliphatic heterocycles. The molecule has 0 spiro atoms. The van der Waals surface area contributed by atoms with E-state index in [1.54, 1.807) is 32.2 Å². The zero-order valence-electron chi connectivity index (χ0n) is 15.7. The molecule has 6 nitrogen and oxygen atoms in total. The van der Waals surface area contributed by atoms with Crippen molar-refractivity contribution in [3.63, 3.8) is 0 Å². The molecule has 142 valence electrons. The summed E-state index contributed by atoms with van der Waals surface area (Å²) >= 11 is 0. The molecule has 0 heterocycles. The van der Waals surface area contributed by atoms with Crippen LogP contribution in [0.1, 0.15) is 47.1 Å². The molecule has 2 rings (SSSR count). The first kappa shape index (κ1) is 20.2. The number of aliphatic imine (C=N–C) groups is 1. The number of nitrogens with zero attached hydrogens (tertiary/aromatic N) is 1. The van der Waals surface area contributed by atoms with Crippen LogP contribution in [-0.4, -0.2) is 38.0 Å². The Morgan fingerprint density at radius 3 is 2.19 bits per heavy atom. The molecule has 0 radical (unpaired) electrons. The summed E-state index contributed by atoms with van der Waals surface area (Å²) < 4.78 is 15.5. The van der Waals surface area contributed by atoms with Gasteiger partial charge in [0.2, 0.25) is 0 Å². The fourth-order valence-corrected chi connectivity index (χ4v) is 2.34. The van der Waals surface area contributed by atoms with Gasteiger partial charge in [0, 0.05) is 11.8 Å². The van der Waals surface area contributed by atoms with Crippen LogP contribution in [0.5, 0.6) is 5.75 Å². The molecule has 0 saturated heterocycles. The summed E-state index contributed by atoms with van der Waals surface area (Å²) in [6.07, 6.45) is 1.57. The first-order valence-electron chi connectivity index (χ1n) is 8.84. The summed E-state index contributed by atoms with van der Waals surface area (Å²) in [6, 6.07) is 12.0. The highest BCUT2D eigenvalue weighted by Gasteiger charge is 2.16. The number of carbonyl (C=O) groups is 2. The average molecular weight is 369 g/mol. The number of esters is 2. The van der Waals surface area contributed by atoms with Crippen LogP contribution in [0.4, 0.5) is 5.69 Å². The van der Waals surface area contributed by atoms with Crippen LogP contribution in [0.3, 0.4) is 0 Å². The molecule has 0 saturated carbocycles. The summed E-state index contributed by atoms with van der Waals surface area (Å²) in [4.78, 5) is 28.6. The minimum atomic E-state index is -0.517. The van der Waals surface area contributed by atoms with Gasteiger partial charge in [-0.2, -0.15) is 0 Å². The fraction of sp³-hybridized carbons (Fsp3) is 0.286. The second-order valence-corrected chi connectivity index (χ2v) is 5.43. The van der Waals surface area contributed by atoms with Crippen molar-refractivity contribution in [2.24, 2.45) is 4.99 Å². The Morgan fingerprint density at radius 1 is 0.889 bits per heavy atom. The monoisotopic (exact) mass is 369 g/mol. The number of hydrogen-bond acceptors (Lipinski definition) is 6. The predicted molar refractivity (Wildman–Crippen MR) is 103 cm³/mol. The Balaban J connectivity index is 2.30. The zero-order chi connectivity index (χ0) is 19.6. The van der Waals surface area contributed by atoms with E-state index in [2.05, 4.69) is 4.99 Å². The first-order valence-corrected chi connectivity index (χ1v) is 8.84. The number of hydrogen-bond donors (Lipinski definition) is 0. The quantitative estimate of drug-likeness (QED) is 0.515. The molecule has 0 N–H and O–H groups in total. The third-order valence-electron chi connectivity index (χ3n) is 3.56. The zero-order valence-corrected chi connectivity index (χ0v) is 15.7. The molecule has 0 unspecified atom stereocenters. The van der Waals surface area contributed by atoms with Crippen LogP contribution in [0.2, 0.25) is 0 Å². The van der Waals surface area contributed by atoms with Gasteiger partial charge in [-0.05, 0) is 57.2 Å². The maximum Gasteiger partial charge on any atom is 0.338 e. The molecule has 0 atom stereocenters. The maximum absolute atomic E-state index is 12.3. The molecule has 0 fully saturated rings. The topological polar surface area (TPSA) is 74.2 Å². The molecule has 2 aromatic rings. The first-order chi connectivity index (χ1) is 13.1. The molecular formula is C21H23NO5. The van der Waals surface area contributed by atoms with E-state index in [0.29, 0.717) is 17.9 Å². The minimum Gasteiger partial charge on any atom is -0.494 e. The Kier molecular flexibility index (Phi) is 7.55. The van der Waals surface area contributed by atoms with Gasteiger partial charge >= 0.3 is 11.9 Å². The number of carbonyl (C=O) groups excluding carboxylic acids is 2. The third-order valence-corrected chi connectivity index (χ3v) is 3.56. The van der Waals surface area contributed by atoms with Gasteiger partial charge in [-0.3, -0.25) is 4.99 Å². The summed E-state index contributed by atoms with van der Waals surface area (Å²) in [6.45, 7) is 6.45. The van der Waals surface area contributed by atoms with Gasteiger partial charge in [0.1, 0.15) is 5.75 Å². The lowest BCUT2D eigenvalue weighted by molar-refractivity contribution is 0.0525. The third kappa shape index (κ3) is 5.67. The van der Waals surface area contributed by atoms with E-state index in [4.69, 9.17) is 14.2 Å². The molecule has 0 bridgehead atoms. The molecular weight excluding hydrogens is 346 g/mol. The van der Waals surface area contributed by atoms with Crippen LogP contribution in [0.25, 0.3) is 0 Å². The average Bonchev–Trinajstić information content (AvgIpc) is 2.68. The van der Waals surface area contributed by atoms with E-state index < -0.39 is 11.9 Å². The van der Waals surface area contributed by atoms with E-state index in [0.717, 1.165) is 5.75 Å². The molecule has 0 aromatic heterocycles. The SMILES string of the molecule is CCOC(=O)c1ccc(C=Nc2ccc(OCC)cc2)c(C(=O)OCC)c1. The van der Waals surface area contributed by atoms with Crippen LogP contribution in [0, 0.1) is 0 Å². The van der Waals surface area contributed by atoms with Gasteiger partial charge in [-0.15, -0.1) is 0 Å². The van der Waals surface area contributed by atoms with E-state index in [1.165, 1.54) is 6.07 Å². The molecule has 6 heteroatoms. The standard InChI is InChI=1S/C21H23NO5/c1-4-25-18-11-9-17(10-12-18)22-14-16-8-7-15(20(23)26-5-2)13-19(16)21(24)27-6-3/h7-14H,4-6H2,1-3H3. The largest absolute Gasteiger partial charge is 0.494 e. The van der Waals surface area contributed by atoms with E-state index in [-0.39, 0.29) is 24.3 Å². The number of benzene rings is 2. The van der Waals surface area contributed by atoms with Crippen LogP contribution in [0.15, 0.2) is 47.5 Å². The highest BCUT2D eigenvalue weighted by molar-refractivity contribution is 6.02. The van der Waals surface area contributed by atoms with Crippen LogP contribution < -0.4 is 4.74 Å². The normalized spacial score (nSPS) is 10.6. The second-order valence-electron chi connectivity index (χ2n) is 5.43. The Hall–Kier alpha value is -3.15. The Bertz CT molecular complexity index is 812. The summed E-state index contributed by atoms with van der Waals surface area (Å²) in [5, 5.41) is 0. The second kappa shape index (κ2) is 10.1. The summed E-state index contributed by atoms with van der Waals surface area (Å²) in [7, 11) is 0. The van der Waals surface area contributed by atoms with Crippen molar-refractivity contribution in [2.45, 2.75) is 20.8 Å². The molecule has 0 amide bonds. The van der Waals surface area contributed by atoms with E-state index >= 15 is 0 Å². The predicted octanol–water partition coefficient (Wildman–Crippen LogP) is 4.19. The minimum absolute atomic E-state index is 0.234. The van der Waals surface area contributed by atoms with Crippen LogP contribution >= 0.6 is 0 Å². The maximum atomic E-state index is 12.3. The lowest BCUT2D eigenvalue weighted by atomic mass is 10.0. The molecule has 0 aliphatic rings. The summed E-state index contributed by atoms with van der Waals surface area (Å²) in [5.41, 5.74) is 1.81. The number of ether oxygens (including phenoxy) is 3. The van der Waals surface area contributed by atoms with Gasteiger partial charge in [0.15, 0.2) is 0 Å².